The summed E-state index contributed by atoms with van der Waals surface area (Å²) in [4.78, 5) is 20.5. The van der Waals surface area contributed by atoms with Gasteiger partial charge in [-0.3, -0.25) is 0 Å². The highest BCUT2D eigenvalue weighted by atomic mass is 32.9. The van der Waals surface area contributed by atoms with Crippen LogP contribution in [0.15, 0.2) is 0 Å². The first-order valence-corrected chi connectivity index (χ1v) is 26.3. The van der Waals surface area contributed by atoms with Crippen LogP contribution < -0.4 is 0 Å². The number of thioether (sulfide) groups is 2. The Labute approximate surface area is 287 Å². The standard InChI is InChI=1S/C36H77O2PS4/c1-3-5-7-9-11-13-15-17-19-21-23-25-27-29-31-41-33-35-43(39(37,38)40)36-34-42-32-30-28-26-24-22-20-18-16-14-12-10-8-6-4-2/h37-38,40H,3-36H2,1-2H3. The topological polar surface area (TPSA) is 40.5 Å². The molecule has 0 aliphatic rings. The number of hydrogen-bond donors (Lipinski definition) is 3. The molecule has 7 heteroatoms. The van der Waals surface area contributed by atoms with E-state index in [4.69, 9.17) is 0 Å². The summed E-state index contributed by atoms with van der Waals surface area (Å²) in [7, 11) is -0.333. The zero-order valence-corrected chi connectivity index (χ0v) is 33.3. The van der Waals surface area contributed by atoms with Gasteiger partial charge in [0.05, 0.1) is 0 Å². The Morgan fingerprint density at radius 1 is 0.395 bits per heavy atom. The minimum Gasteiger partial charge on any atom is -0.341 e. The summed E-state index contributed by atoms with van der Waals surface area (Å²) < 4.78 is 0. The van der Waals surface area contributed by atoms with Crippen molar-refractivity contribution in [1.82, 2.24) is 0 Å². The molecule has 0 unspecified atom stereocenters. The summed E-state index contributed by atoms with van der Waals surface area (Å²) in [6, 6.07) is 0. The van der Waals surface area contributed by atoms with Crippen LogP contribution in [0.25, 0.3) is 0 Å². The van der Waals surface area contributed by atoms with Gasteiger partial charge in [-0.05, 0) is 24.3 Å². The molecule has 0 radical (unpaired) electrons. The monoisotopic (exact) mass is 700 g/mol. The van der Waals surface area contributed by atoms with E-state index in [2.05, 4.69) is 26.1 Å². The molecule has 0 aliphatic carbocycles. The van der Waals surface area contributed by atoms with E-state index >= 15 is 0 Å². The lowest BCUT2D eigenvalue weighted by atomic mass is 10.0. The van der Waals surface area contributed by atoms with Crippen LogP contribution in [0.4, 0.5) is 0 Å². The number of rotatable bonds is 36. The van der Waals surface area contributed by atoms with Crippen LogP contribution in [0, 0.1) is 0 Å². The van der Waals surface area contributed by atoms with Crippen molar-refractivity contribution in [3.8, 4) is 0 Å². The fourth-order valence-electron chi connectivity index (χ4n) is 5.66. The van der Waals surface area contributed by atoms with Gasteiger partial charge in [-0.2, -0.15) is 23.5 Å². The van der Waals surface area contributed by atoms with Crippen LogP contribution >= 0.6 is 41.5 Å². The molecule has 43 heavy (non-hydrogen) atoms. The summed E-state index contributed by atoms with van der Waals surface area (Å²) in [5, 5.41) is 0. The van der Waals surface area contributed by atoms with Crippen molar-refractivity contribution >= 4 is 51.5 Å². The maximum atomic E-state index is 10.3. The molecule has 262 valence electrons. The molecule has 2 nitrogen and oxygen atoms in total. The quantitative estimate of drug-likeness (QED) is 0.0346. The molecule has 0 saturated heterocycles. The lowest BCUT2D eigenvalue weighted by molar-refractivity contribution is 0.502. The van der Waals surface area contributed by atoms with E-state index in [1.54, 1.807) is 0 Å². The highest BCUT2D eigenvalue weighted by Crippen LogP contribution is 2.47. The number of hydrogen-bond acceptors (Lipinski definition) is 2. The molecule has 0 aromatic heterocycles. The van der Waals surface area contributed by atoms with Gasteiger partial charge in [-0.1, -0.05) is 193 Å². The third-order valence-corrected chi connectivity index (χ3v) is 18.5. The molecule has 0 spiro atoms. The van der Waals surface area contributed by atoms with Gasteiger partial charge in [0.25, 0.3) is 0 Å². The Balaban J connectivity index is 3.50. The lowest BCUT2D eigenvalue weighted by Crippen LogP contribution is -2.08. The zero-order valence-electron chi connectivity index (χ0n) is 29.1. The van der Waals surface area contributed by atoms with Crippen LogP contribution in [-0.4, -0.2) is 44.3 Å². The summed E-state index contributed by atoms with van der Waals surface area (Å²) in [5.41, 5.74) is -3.01. The number of thiol groups is 1. The van der Waals surface area contributed by atoms with Gasteiger partial charge in [-0.15, -0.1) is 10.1 Å². The van der Waals surface area contributed by atoms with Crippen molar-refractivity contribution in [3.05, 3.63) is 0 Å². The van der Waals surface area contributed by atoms with Gasteiger partial charge in [0, 0.05) is 23.0 Å². The molecular weight excluding hydrogens is 624 g/mol. The second-order valence-corrected chi connectivity index (χ2v) is 23.6. The molecule has 0 aliphatic heterocycles. The van der Waals surface area contributed by atoms with E-state index in [0.29, 0.717) is 0 Å². The molecule has 0 rings (SSSR count). The van der Waals surface area contributed by atoms with Gasteiger partial charge < -0.3 is 9.79 Å². The molecule has 0 aromatic carbocycles. The van der Waals surface area contributed by atoms with Crippen molar-refractivity contribution in [2.24, 2.45) is 0 Å². The van der Waals surface area contributed by atoms with Gasteiger partial charge in [0.2, 0.25) is 0 Å². The van der Waals surface area contributed by atoms with E-state index in [1.165, 1.54) is 191 Å². The van der Waals surface area contributed by atoms with Crippen molar-refractivity contribution in [2.45, 2.75) is 194 Å². The van der Waals surface area contributed by atoms with Crippen LogP contribution in [0.3, 0.4) is 0 Å². The summed E-state index contributed by atoms with van der Waals surface area (Å²) >= 11 is 8.25. The molecule has 2 N–H and O–H groups in total. The largest absolute Gasteiger partial charge is 0.341 e. The highest BCUT2D eigenvalue weighted by Gasteiger charge is 2.11. The van der Waals surface area contributed by atoms with E-state index in [1.807, 2.05) is 23.5 Å². The van der Waals surface area contributed by atoms with E-state index in [-0.39, 0.29) is 10.1 Å². The summed E-state index contributed by atoms with van der Waals surface area (Å²) in [5.74, 6) is 6.39. The molecule has 0 atom stereocenters. The average Bonchev–Trinajstić information content (AvgIpc) is 2.98. The van der Waals surface area contributed by atoms with E-state index in [0.717, 1.165) is 23.0 Å². The summed E-state index contributed by atoms with van der Waals surface area (Å²) in [6.45, 7) is 4.58. The average molecular weight is 701 g/mol. The Morgan fingerprint density at radius 3 is 0.860 bits per heavy atom. The number of unbranched alkanes of at least 4 members (excludes halogenated alkanes) is 26. The zero-order chi connectivity index (χ0) is 31.5. The van der Waals surface area contributed by atoms with Crippen LogP contribution in [0.5, 0.6) is 0 Å². The van der Waals surface area contributed by atoms with Gasteiger partial charge >= 0.3 is 0 Å². The van der Waals surface area contributed by atoms with E-state index in [9.17, 15) is 9.79 Å². The van der Waals surface area contributed by atoms with Gasteiger partial charge in [-0.25, -0.2) is 0 Å². The first-order chi connectivity index (χ1) is 21.0. The maximum absolute atomic E-state index is 10.3. The van der Waals surface area contributed by atoms with E-state index < -0.39 is 5.69 Å². The Hall–Kier alpha value is 1.75. The lowest BCUT2D eigenvalue weighted by Gasteiger charge is -2.16. The SMILES string of the molecule is CCCCCCCCCCCCCCCCSCCS(CCSCCCCCCCCCCCCCCCC)=P(O)(O)S. The van der Waals surface area contributed by atoms with Crippen molar-refractivity contribution in [1.29, 1.82) is 0 Å². The van der Waals surface area contributed by atoms with Gasteiger partial charge in [0.1, 0.15) is 0 Å². The van der Waals surface area contributed by atoms with Crippen molar-refractivity contribution in [3.63, 3.8) is 0 Å². The molecule has 0 aromatic rings. The van der Waals surface area contributed by atoms with Crippen molar-refractivity contribution in [2.75, 3.05) is 34.5 Å². The minimum atomic E-state index is -3.01. The first kappa shape index (κ1) is 44.8. The van der Waals surface area contributed by atoms with Crippen molar-refractivity contribution < 1.29 is 9.79 Å². The Kier molecular flexibility index (Phi) is 38.1. The molecule has 0 heterocycles. The fourth-order valence-corrected chi connectivity index (χ4v) is 14.3. The molecule has 0 bridgehead atoms. The molecular formula is C36H77O2PS4. The van der Waals surface area contributed by atoms with Crippen LogP contribution in [0.2, 0.25) is 0 Å². The van der Waals surface area contributed by atoms with Crippen LogP contribution in [-0.2, 0) is 10.1 Å². The normalized spacial score (nSPS) is 12.1. The predicted molar refractivity (Wildman–Crippen MR) is 213 cm³/mol. The van der Waals surface area contributed by atoms with Crippen LogP contribution in [0.1, 0.15) is 194 Å². The smallest absolute Gasteiger partial charge is 0.198 e. The highest BCUT2D eigenvalue weighted by molar-refractivity contribution is 8.65. The predicted octanol–water partition coefficient (Wildman–Crippen LogP) is 13.6. The Morgan fingerprint density at radius 2 is 0.628 bits per heavy atom. The minimum absolute atomic E-state index is 0.333. The maximum Gasteiger partial charge on any atom is 0.198 e. The van der Waals surface area contributed by atoms with Gasteiger partial charge in [0.15, 0.2) is 5.69 Å². The second kappa shape index (κ2) is 36.6. The molecule has 0 fully saturated rings. The Bertz CT molecular complexity index is 552. The third kappa shape index (κ3) is 36.4. The second-order valence-electron chi connectivity index (χ2n) is 12.8. The summed E-state index contributed by atoms with van der Waals surface area (Å²) in [6.07, 6.45) is 39.5. The molecule has 0 saturated carbocycles. The fraction of sp³-hybridized carbons (Fsp3) is 1.00. The third-order valence-electron chi connectivity index (χ3n) is 8.56. The first-order valence-electron chi connectivity index (χ1n) is 18.9. The molecule has 0 amide bonds.